The Morgan fingerprint density at radius 3 is 1.05 bits per heavy atom. The van der Waals surface area contributed by atoms with Gasteiger partial charge >= 0.3 is 17.9 Å². The summed E-state index contributed by atoms with van der Waals surface area (Å²) in [5, 5.41) is 9.72. The molecule has 0 saturated carbocycles. The zero-order valence-corrected chi connectivity index (χ0v) is 53.9. The van der Waals surface area contributed by atoms with E-state index in [0.717, 1.165) is 70.6 Å². The number of hydrogen-bond acceptors (Lipinski definition) is 7. The molecule has 0 aliphatic heterocycles. The predicted octanol–water partition coefficient (Wildman–Crippen LogP) is 21.1. The fourth-order valence-corrected chi connectivity index (χ4v) is 10.0. The van der Waals surface area contributed by atoms with Gasteiger partial charge in [-0.2, -0.15) is 0 Å². The van der Waals surface area contributed by atoms with Crippen LogP contribution in [-0.2, 0) is 33.3 Å². The van der Waals surface area contributed by atoms with Gasteiger partial charge in [-0.3, -0.25) is 9.59 Å². The molecule has 9 heteroatoms. The van der Waals surface area contributed by atoms with E-state index < -0.39 is 24.3 Å². The smallest absolute Gasteiger partial charge is 0.361 e. The van der Waals surface area contributed by atoms with E-state index in [1.807, 2.05) is 21.1 Å². The van der Waals surface area contributed by atoms with E-state index in [1.165, 1.54) is 218 Å². The number of hydrogen-bond donors (Lipinski definition) is 1. The molecule has 0 amide bonds. The largest absolute Gasteiger partial charge is 0.477 e. The van der Waals surface area contributed by atoms with Crippen molar-refractivity contribution in [2.45, 2.75) is 334 Å². The normalized spacial score (nSPS) is 13.0. The van der Waals surface area contributed by atoms with Crippen LogP contribution in [-0.4, -0.2) is 87.4 Å². The van der Waals surface area contributed by atoms with E-state index in [2.05, 4.69) is 74.6 Å². The van der Waals surface area contributed by atoms with Crippen LogP contribution in [0, 0.1) is 0 Å². The summed E-state index contributed by atoms with van der Waals surface area (Å²) in [6.45, 7) is 4.78. The summed E-state index contributed by atoms with van der Waals surface area (Å²) in [4.78, 5) is 37.5. The zero-order valence-electron chi connectivity index (χ0n) is 53.9. The quantitative estimate of drug-likeness (QED) is 0.0211. The van der Waals surface area contributed by atoms with E-state index in [9.17, 15) is 19.5 Å². The highest BCUT2D eigenvalue weighted by Gasteiger charge is 2.25. The van der Waals surface area contributed by atoms with Crippen LogP contribution in [0.2, 0.25) is 0 Å². The predicted molar refractivity (Wildman–Crippen MR) is 346 cm³/mol. The average molecular weight is 1140 g/mol. The molecule has 0 aromatic rings. The molecule has 0 radical (unpaired) electrons. The highest BCUT2D eigenvalue weighted by atomic mass is 16.7. The number of nitrogens with zero attached hydrogens (tertiary/aromatic N) is 1. The van der Waals surface area contributed by atoms with Gasteiger partial charge in [0.2, 0.25) is 0 Å². The molecular formula is C72H132NO8+. The number of allylic oxidation sites excluding steroid dienone is 10. The molecule has 472 valence electrons. The second-order valence-electron chi connectivity index (χ2n) is 24.5. The first-order valence-corrected chi connectivity index (χ1v) is 34.5. The Morgan fingerprint density at radius 2 is 0.704 bits per heavy atom. The molecule has 0 rings (SSSR count). The summed E-state index contributed by atoms with van der Waals surface area (Å²) < 4.78 is 22.9. The number of ether oxygens (including phenoxy) is 4. The van der Waals surface area contributed by atoms with Crippen molar-refractivity contribution < 1.29 is 42.9 Å². The summed E-state index contributed by atoms with van der Waals surface area (Å²) in [5.74, 6) is -2.00. The Balaban J connectivity index is 3.94. The molecule has 81 heavy (non-hydrogen) atoms. The topological polar surface area (TPSA) is 108 Å². The minimum absolute atomic E-state index is 0.184. The number of likely N-dealkylation sites (N-methyl/N-ethyl adjacent to an activating group) is 1. The summed E-state index contributed by atoms with van der Waals surface area (Å²) in [5.41, 5.74) is 0. The number of carboxylic acids is 1. The van der Waals surface area contributed by atoms with Crippen molar-refractivity contribution in [3.8, 4) is 0 Å². The van der Waals surface area contributed by atoms with Crippen molar-refractivity contribution in [1.29, 1.82) is 0 Å². The molecule has 0 bridgehead atoms. The first-order valence-electron chi connectivity index (χ1n) is 34.5. The highest BCUT2D eigenvalue weighted by Crippen LogP contribution is 2.18. The fraction of sp³-hybridized carbons (Fsp3) is 0.819. The molecule has 9 nitrogen and oxygen atoms in total. The molecule has 0 aromatic heterocycles. The molecule has 0 saturated heterocycles. The van der Waals surface area contributed by atoms with Crippen molar-refractivity contribution in [1.82, 2.24) is 0 Å². The van der Waals surface area contributed by atoms with Crippen LogP contribution in [0.3, 0.4) is 0 Å². The number of carbonyl (C=O) groups excluding carboxylic acids is 2. The summed E-state index contributed by atoms with van der Waals surface area (Å²) in [7, 11) is 5.97. The summed E-state index contributed by atoms with van der Waals surface area (Å²) in [6.07, 6.45) is 79.3. The van der Waals surface area contributed by atoms with Crippen molar-refractivity contribution in [3.63, 3.8) is 0 Å². The molecule has 0 spiro atoms. The van der Waals surface area contributed by atoms with Crippen molar-refractivity contribution in [3.05, 3.63) is 60.8 Å². The van der Waals surface area contributed by atoms with E-state index >= 15 is 0 Å². The Hall–Kier alpha value is -3.01. The highest BCUT2D eigenvalue weighted by molar-refractivity contribution is 5.71. The van der Waals surface area contributed by atoms with E-state index in [1.54, 1.807) is 0 Å². The maximum Gasteiger partial charge on any atom is 0.361 e. The Labute approximate surface area is 501 Å². The molecule has 0 heterocycles. The standard InChI is InChI=1S/C72H131NO8/c1-6-8-10-12-14-16-18-20-22-24-25-26-27-28-29-30-31-32-33-34-35-36-37-38-39-40-41-42-43-44-45-47-48-50-52-54-56-58-60-62-69(74)79-66-68(67-80-72(71(76)77)78-65-64-73(3,4)5)81-70(75)63-61-59-57-55-53-51-49-46-23-21-19-17-15-13-11-9-7-2/h9,11,15,17-18,20-21,23-25,68,72H,6-8,10,12-14,16,19,22,26-67H2,1-5H3/p+1/b11-9-,17-15-,20-18-,23-21-,25-24-. The number of quaternary nitrogens is 1. The van der Waals surface area contributed by atoms with Crippen LogP contribution in [0.1, 0.15) is 322 Å². The molecule has 0 fully saturated rings. The maximum atomic E-state index is 12.9. The third-order valence-electron chi connectivity index (χ3n) is 15.3. The van der Waals surface area contributed by atoms with Crippen molar-refractivity contribution in [2.24, 2.45) is 0 Å². The van der Waals surface area contributed by atoms with Gasteiger partial charge in [0, 0.05) is 12.8 Å². The van der Waals surface area contributed by atoms with Gasteiger partial charge in [-0.15, -0.1) is 0 Å². The van der Waals surface area contributed by atoms with Gasteiger partial charge in [0.05, 0.1) is 34.4 Å². The third-order valence-corrected chi connectivity index (χ3v) is 15.3. The Kier molecular flexibility index (Phi) is 60.7. The summed E-state index contributed by atoms with van der Waals surface area (Å²) >= 11 is 0. The lowest BCUT2D eigenvalue weighted by molar-refractivity contribution is -0.870. The maximum absolute atomic E-state index is 12.9. The van der Waals surface area contributed by atoms with Crippen molar-refractivity contribution in [2.75, 3.05) is 47.5 Å². The number of aliphatic carboxylic acids is 1. The van der Waals surface area contributed by atoms with Gasteiger partial charge in [0.25, 0.3) is 6.29 Å². The first kappa shape index (κ1) is 78.0. The van der Waals surface area contributed by atoms with E-state index in [4.69, 9.17) is 18.9 Å². The zero-order chi connectivity index (χ0) is 59.1. The number of carbonyl (C=O) groups is 3. The van der Waals surface area contributed by atoms with Crippen molar-refractivity contribution >= 4 is 17.9 Å². The summed E-state index contributed by atoms with van der Waals surface area (Å²) in [6, 6.07) is 0. The molecule has 2 unspecified atom stereocenters. The molecule has 0 aromatic carbocycles. The van der Waals surface area contributed by atoms with E-state index in [-0.39, 0.29) is 32.2 Å². The minimum Gasteiger partial charge on any atom is -0.477 e. The Morgan fingerprint density at radius 1 is 0.383 bits per heavy atom. The number of unbranched alkanes of at least 4 members (excludes halogenated alkanes) is 39. The van der Waals surface area contributed by atoms with Gasteiger partial charge in [0.15, 0.2) is 6.10 Å². The molecule has 0 aliphatic carbocycles. The van der Waals surface area contributed by atoms with Crippen LogP contribution in [0.4, 0.5) is 0 Å². The molecule has 2 atom stereocenters. The minimum atomic E-state index is -1.51. The van der Waals surface area contributed by atoms with Crippen LogP contribution >= 0.6 is 0 Å². The molecule has 0 aliphatic rings. The average Bonchev–Trinajstić information content (AvgIpc) is 3.44. The number of carboxylic acid groups (broad SMARTS) is 1. The molecular weight excluding hydrogens is 1010 g/mol. The van der Waals surface area contributed by atoms with Crippen LogP contribution in [0.5, 0.6) is 0 Å². The SMILES string of the molecule is CC/C=C\C/C=C\C/C=C\CCCCCCCCCC(=O)OC(COC(=O)CCCCCCCCCCCCCCCCCCCCCCCCCCCCC/C=C\C/C=C\CCCCCCC)COC(OCC[N+](C)(C)C)C(=O)O. The second kappa shape index (κ2) is 63.0. The van der Waals surface area contributed by atoms with Gasteiger partial charge < -0.3 is 28.5 Å². The van der Waals surface area contributed by atoms with E-state index in [0.29, 0.717) is 23.9 Å². The van der Waals surface area contributed by atoms with Crippen LogP contribution in [0.25, 0.3) is 0 Å². The van der Waals surface area contributed by atoms with Crippen LogP contribution < -0.4 is 0 Å². The third kappa shape index (κ3) is 64.4. The van der Waals surface area contributed by atoms with Gasteiger partial charge in [0.1, 0.15) is 13.2 Å². The second-order valence-corrected chi connectivity index (χ2v) is 24.5. The molecule has 1 N–H and O–H groups in total. The lowest BCUT2D eigenvalue weighted by atomic mass is 10.0. The monoisotopic (exact) mass is 1140 g/mol. The van der Waals surface area contributed by atoms with Gasteiger partial charge in [-0.05, 0) is 77.0 Å². The number of rotatable bonds is 64. The van der Waals surface area contributed by atoms with Crippen LogP contribution in [0.15, 0.2) is 60.8 Å². The van der Waals surface area contributed by atoms with Gasteiger partial charge in [-0.25, -0.2) is 4.79 Å². The lowest BCUT2D eigenvalue weighted by Crippen LogP contribution is -2.40. The Bertz CT molecular complexity index is 1510. The lowest BCUT2D eigenvalue weighted by Gasteiger charge is -2.25. The van der Waals surface area contributed by atoms with Gasteiger partial charge in [-0.1, -0.05) is 293 Å². The fourth-order valence-electron chi connectivity index (χ4n) is 10.0. The number of esters is 2. The first-order chi connectivity index (χ1) is 39.6.